The normalized spacial score (nSPS) is 19.9. The second-order valence-corrected chi connectivity index (χ2v) is 7.06. The lowest BCUT2D eigenvalue weighted by Gasteiger charge is -2.32. The van der Waals surface area contributed by atoms with Crippen molar-refractivity contribution in [2.75, 3.05) is 0 Å². The van der Waals surface area contributed by atoms with Gasteiger partial charge in [-0.15, -0.1) is 11.3 Å². The average Bonchev–Trinajstić information content (AvgIpc) is 3.18. The predicted octanol–water partition coefficient (Wildman–Crippen LogP) is 1.51. The van der Waals surface area contributed by atoms with Crippen LogP contribution in [0.15, 0.2) is 52.9 Å². The summed E-state index contributed by atoms with van der Waals surface area (Å²) in [4.78, 5) is 42.2. The van der Waals surface area contributed by atoms with Crippen LogP contribution in [-0.4, -0.2) is 27.2 Å². The van der Waals surface area contributed by atoms with Crippen LogP contribution < -0.4 is 16.2 Å². The van der Waals surface area contributed by atoms with Gasteiger partial charge in [0.25, 0.3) is 11.5 Å². The summed E-state index contributed by atoms with van der Waals surface area (Å²) in [6, 6.07) is 8.43. The number of hydrogen-bond donors (Lipinski definition) is 2. The molecule has 0 aromatic carbocycles. The Balaban J connectivity index is 1.62. The molecule has 7 nitrogen and oxygen atoms in total. The molecule has 0 spiro atoms. The van der Waals surface area contributed by atoms with Crippen molar-refractivity contribution in [3.63, 3.8) is 0 Å². The number of hydrogen-bond acceptors (Lipinski definition) is 5. The second kappa shape index (κ2) is 6.72. The van der Waals surface area contributed by atoms with E-state index in [1.54, 1.807) is 24.4 Å². The Kier molecular flexibility index (Phi) is 4.26. The molecule has 0 bridgehead atoms. The van der Waals surface area contributed by atoms with Gasteiger partial charge in [-0.2, -0.15) is 0 Å². The van der Waals surface area contributed by atoms with Crippen LogP contribution in [-0.2, 0) is 4.79 Å². The lowest BCUT2D eigenvalue weighted by Crippen LogP contribution is -2.50. The average molecular weight is 368 g/mol. The molecule has 1 aliphatic rings. The maximum absolute atomic E-state index is 12.7. The molecule has 4 heterocycles. The SMILES string of the molecule is O=C1CC[C@@H](NC(=O)c2cnc3ccccn3c2=O)[C@H](c2cccs2)N1. The maximum atomic E-state index is 12.7. The molecule has 4 rings (SSSR count). The first kappa shape index (κ1) is 16.5. The Morgan fingerprint density at radius 1 is 1.27 bits per heavy atom. The molecule has 0 saturated carbocycles. The minimum absolute atomic E-state index is 0.0180. The second-order valence-electron chi connectivity index (χ2n) is 6.09. The number of fused-ring (bicyclic) bond motifs is 1. The summed E-state index contributed by atoms with van der Waals surface area (Å²) >= 11 is 1.52. The maximum Gasteiger partial charge on any atom is 0.270 e. The number of pyridine rings is 1. The number of carbonyl (C=O) groups excluding carboxylic acids is 2. The van der Waals surface area contributed by atoms with Gasteiger partial charge in [-0.25, -0.2) is 4.98 Å². The molecule has 3 aromatic heterocycles. The monoisotopic (exact) mass is 368 g/mol. The van der Waals surface area contributed by atoms with Crippen molar-refractivity contribution < 1.29 is 9.59 Å². The van der Waals surface area contributed by atoms with Gasteiger partial charge in [0.1, 0.15) is 11.2 Å². The molecule has 1 fully saturated rings. The van der Waals surface area contributed by atoms with Crippen molar-refractivity contribution >= 4 is 28.8 Å². The van der Waals surface area contributed by atoms with E-state index in [4.69, 9.17) is 0 Å². The van der Waals surface area contributed by atoms with E-state index < -0.39 is 11.5 Å². The van der Waals surface area contributed by atoms with Crippen molar-refractivity contribution in [3.8, 4) is 0 Å². The molecule has 26 heavy (non-hydrogen) atoms. The third-order valence-electron chi connectivity index (χ3n) is 4.43. The zero-order valence-corrected chi connectivity index (χ0v) is 14.5. The summed E-state index contributed by atoms with van der Waals surface area (Å²) in [6.07, 6.45) is 3.73. The highest BCUT2D eigenvalue weighted by atomic mass is 32.1. The van der Waals surface area contributed by atoms with Gasteiger partial charge in [0.2, 0.25) is 5.91 Å². The van der Waals surface area contributed by atoms with Gasteiger partial charge in [0, 0.05) is 23.7 Å². The van der Waals surface area contributed by atoms with Gasteiger partial charge in [-0.3, -0.25) is 18.8 Å². The van der Waals surface area contributed by atoms with Gasteiger partial charge in [-0.05, 0) is 30.0 Å². The van der Waals surface area contributed by atoms with Crippen molar-refractivity contribution in [1.82, 2.24) is 20.0 Å². The van der Waals surface area contributed by atoms with Crippen LogP contribution >= 0.6 is 11.3 Å². The van der Waals surface area contributed by atoms with E-state index in [0.717, 1.165) is 4.88 Å². The molecule has 1 saturated heterocycles. The summed E-state index contributed by atoms with van der Waals surface area (Å²) in [7, 11) is 0. The van der Waals surface area contributed by atoms with Gasteiger partial charge in [0.15, 0.2) is 0 Å². The highest BCUT2D eigenvalue weighted by molar-refractivity contribution is 7.10. The molecule has 2 atom stereocenters. The number of nitrogens with one attached hydrogen (secondary N) is 2. The highest BCUT2D eigenvalue weighted by Gasteiger charge is 2.32. The topological polar surface area (TPSA) is 92.6 Å². The summed E-state index contributed by atoms with van der Waals surface area (Å²) in [5, 5.41) is 7.75. The summed E-state index contributed by atoms with van der Waals surface area (Å²) in [5.74, 6) is -0.523. The summed E-state index contributed by atoms with van der Waals surface area (Å²) in [6.45, 7) is 0. The third-order valence-corrected chi connectivity index (χ3v) is 5.38. The van der Waals surface area contributed by atoms with E-state index in [1.165, 1.54) is 21.9 Å². The van der Waals surface area contributed by atoms with Gasteiger partial charge >= 0.3 is 0 Å². The molecular weight excluding hydrogens is 352 g/mol. The third kappa shape index (κ3) is 2.99. The predicted molar refractivity (Wildman–Crippen MR) is 97.2 cm³/mol. The fourth-order valence-electron chi connectivity index (χ4n) is 3.12. The molecule has 0 radical (unpaired) electrons. The first-order valence-corrected chi connectivity index (χ1v) is 9.11. The number of nitrogens with zero attached hydrogens (tertiary/aromatic N) is 2. The minimum Gasteiger partial charge on any atom is -0.347 e. The van der Waals surface area contributed by atoms with Crippen molar-refractivity contribution in [3.05, 3.63) is 68.9 Å². The fraction of sp³-hybridized carbons (Fsp3) is 0.222. The highest BCUT2D eigenvalue weighted by Crippen LogP contribution is 2.27. The lowest BCUT2D eigenvalue weighted by atomic mass is 9.96. The number of aromatic nitrogens is 2. The zero-order valence-electron chi connectivity index (χ0n) is 13.7. The molecule has 2 amide bonds. The number of carbonyl (C=O) groups is 2. The summed E-state index contributed by atoms with van der Waals surface area (Å²) in [5.41, 5.74) is 0.0478. The van der Waals surface area contributed by atoms with E-state index in [1.807, 2.05) is 17.5 Å². The molecule has 0 unspecified atom stereocenters. The van der Waals surface area contributed by atoms with Crippen molar-refractivity contribution in [2.45, 2.75) is 24.9 Å². The molecule has 1 aliphatic heterocycles. The number of amides is 2. The molecule has 132 valence electrons. The van der Waals surface area contributed by atoms with Crippen LogP contribution in [0.25, 0.3) is 5.65 Å². The quantitative estimate of drug-likeness (QED) is 0.733. The van der Waals surface area contributed by atoms with E-state index in [9.17, 15) is 14.4 Å². The first-order chi connectivity index (χ1) is 12.6. The Morgan fingerprint density at radius 2 is 2.15 bits per heavy atom. The Labute approximate surface area is 152 Å². The van der Waals surface area contributed by atoms with Crippen LogP contribution in [0, 0.1) is 0 Å². The van der Waals surface area contributed by atoms with E-state index in [2.05, 4.69) is 15.6 Å². The van der Waals surface area contributed by atoms with Crippen LogP contribution in [0.3, 0.4) is 0 Å². The lowest BCUT2D eigenvalue weighted by molar-refractivity contribution is -0.123. The smallest absolute Gasteiger partial charge is 0.270 e. The van der Waals surface area contributed by atoms with E-state index in [-0.39, 0.29) is 23.6 Å². The van der Waals surface area contributed by atoms with E-state index >= 15 is 0 Å². The van der Waals surface area contributed by atoms with Gasteiger partial charge < -0.3 is 10.6 Å². The minimum atomic E-state index is -0.483. The Bertz CT molecular complexity index is 1030. The largest absolute Gasteiger partial charge is 0.347 e. The molecule has 3 aromatic rings. The van der Waals surface area contributed by atoms with Crippen LogP contribution in [0.5, 0.6) is 0 Å². The van der Waals surface area contributed by atoms with E-state index in [0.29, 0.717) is 18.5 Å². The summed E-state index contributed by atoms with van der Waals surface area (Å²) < 4.78 is 1.34. The fourth-order valence-corrected chi connectivity index (χ4v) is 3.96. The number of thiophene rings is 1. The number of rotatable bonds is 3. The Hall–Kier alpha value is -3.00. The van der Waals surface area contributed by atoms with Gasteiger partial charge in [-0.1, -0.05) is 12.1 Å². The van der Waals surface area contributed by atoms with Gasteiger partial charge in [0.05, 0.1) is 12.1 Å². The molecule has 0 aliphatic carbocycles. The van der Waals surface area contributed by atoms with Crippen LogP contribution in [0.4, 0.5) is 0 Å². The Morgan fingerprint density at radius 3 is 2.96 bits per heavy atom. The molecule has 2 N–H and O–H groups in total. The van der Waals surface area contributed by atoms with Crippen LogP contribution in [0.2, 0.25) is 0 Å². The van der Waals surface area contributed by atoms with Crippen LogP contribution in [0.1, 0.15) is 34.1 Å². The van der Waals surface area contributed by atoms with Crippen molar-refractivity contribution in [1.29, 1.82) is 0 Å². The van der Waals surface area contributed by atoms with Crippen molar-refractivity contribution in [2.24, 2.45) is 0 Å². The number of piperidine rings is 1. The molecular formula is C18H16N4O3S. The standard InChI is InChI=1S/C18H16N4O3S/c23-15-7-6-12(16(21-15)13-4-3-9-26-13)20-17(24)11-10-19-14-5-1-2-8-22(14)18(11)25/h1-5,8-10,12,16H,6-7H2,(H,20,24)(H,21,23)/t12-,16-/m1/s1. The zero-order chi connectivity index (χ0) is 18.1. The first-order valence-electron chi connectivity index (χ1n) is 8.23. The molecule has 8 heteroatoms.